The molecule has 0 radical (unpaired) electrons. The summed E-state index contributed by atoms with van der Waals surface area (Å²) in [5.41, 5.74) is 3.60. The van der Waals surface area contributed by atoms with E-state index in [9.17, 15) is 13.6 Å². The molecule has 0 spiro atoms. The van der Waals surface area contributed by atoms with Crippen molar-refractivity contribution in [3.63, 3.8) is 0 Å². The summed E-state index contributed by atoms with van der Waals surface area (Å²) in [7, 11) is 0. The van der Waals surface area contributed by atoms with E-state index < -0.39 is 17.9 Å². The number of urea groups is 1. The van der Waals surface area contributed by atoms with Gasteiger partial charge in [0.25, 0.3) is 0 Å². The molecule has 2 amide bonds. The lowest BCUT2D eigenvalue weighted by molar-refractivity contribution is 0.194. The Bertz CT molecular complexity index is 1300. The minimum atomic E-state index is -0.537. The maximum absolute atomic E-state index is 14.4. The van der Waals surface area contributed by atoms with Gasteiger partial charge >= 0.3 is 6.03 Å². The summed E-state index contributed by atoms with van der Waals surface area (Å²) in [6, 6.07) is 21.3. The zero-order valence-corrected chi connectivity index (χ0v) is 18.4. The molecule has 5 rings (SSSR count). The van der Waals surface area contributed by atoms with Gasteiger partial charge in [-0.15, -0.1) is 0 Å². The smallest absolute Gasteiger partial charge is 0.318 e. The van der Waals surface area contributed by atoms with Gasteiger partial charge in [0.1, 0.15) is 11.6 Å². The molecule has 7 heteroatoms. The van der Waals surface area contributed by atoms with E-state index in [4.69, 9.17) is 0 Å². The Morgan fingerprint density at radius 1 is 0.969 bits per heavy atom. The summed E-state index contributed by atoms with van der Waals surface area (Å²) in [6.45, 7) is 0.296. The monoisotopic (exact) mass is 493 g/mol. The average molecular weight is 494 g/mol. The van der Waals surface area contributed by atoms with Crippen LogP contribution in [0.15, 0.2) is 89.5 Å². The second kappa shape index (κ2) is 8.24. The summed E-state index contributed by atoms with van der Waals surface area (Å²) in [5, 5.41) is 2.71. The van der Waals surface area contributed by atoms with Crippen LogP contribution in [0.3, 0.4) is 0 Å². The summed E-state index contributed by atoms with van der Waals surface area (Å²) in [6.07, 6.45) is 1.94. The van der Waals surface area contributed by atoms with Gasteiger partial charge in [0.05, 0.1) is 24.0 Å². The van der Waals surface area contributed by atoms with Crippen LogP contribution in [-0.2, 0) is 6.54 Å². The van der Waals surface area contributed by atoms with Crippen LogP contribution in [0.5, 0.6) is 0 Å². The highest BCUT2D eigenvalue weighted by atomic mass is 79.9. The third-order valence-electron chi connectivity index (χ3n) is 5.58. The molecule has 3 aromatic carbocycles. The van der Waals surface area contributed by atoms with Crippen molar-refractivity contribution in [3.8, 4) is 5.69 Å². The number of carbonyl (C=O) groups is 1. The summed E-state index contributed by atoms with van der Waals surface area (Å²) in [4.78, 5) is 15.1. The minimum Gasteiger partial charge on any atom is -0.318 e. The number of hydrogen-bond donors (Lipinski definition) is 1. The second-order valence-electron chi connectivity index (χ2n) is 7.57. The summed E-state index contributed by atoms with van der Waals surface area (Å²) < 4.78 is 30.7. The van der Waals surface area contributed by atoms with Crippen LogP contribution in [0.1, 0.15) is 22.9 Å². The molecule has 0 fully saturated rings. The van der Waals surface area contributed by atoms with Crippen molar-refractivity contribution < 1.29 is 13.6 Å². The van der Waals surface area contributed by atoms with E-state index in [1.165, 1.54) is 24.3 Å². The number of carbonyl (C=O) groups excluding carboxylic acids is 1. The number of nitrogens with zero attached hydrogens (tertiary/aromatic N) is 2. The normalized spacial score (nSPS) is 15.0. The Hall–Kier alpha value is -3.45. The number of hydrogen-bond acceptors (Lipinski definition) is 1. The van der Waals surface area contributed by atoms with Gasteiger partial charge in [0, 0.05) is 16.4 Å². The molecule has 4 aromatic rings. The molecule has 0 aliphatic carbocycles. The number of fused-ring (bicyclic) bond motifs is 3. The van der Waals surface area contributed by atoms with E-state index in [2.05, 4.69) is 21.2 Å². The Morgan fingerprint density at radius 3 is 2.53 bits per heavy atom. The molecular formula is C25H18BrF2N3O. The second-order valence-corrected chi connectivity index (χ2v) is 8.48. The zero-order chi connectivity index (χ0) is 22.2. The number of halogens is 3. The fourth-order valence-corrected chi connectivity index (χ4v) is 4.45. The van der Waals surface area contributed by atoms with E-state index in [0.717, 1.165) is 22.5 Å². The zero-order valence-electron chi connectivity index (χ0n) is 16.8. The SMILES string of the molecule is O=C(Nc1ccc(Br)cc1F)N1Cc2ccccc2-n2cccc2[C@@H]1c1ccc(F)cc1. The number of nitrogens with one attached hydrogen (secondary N) is 1. The molecule has 160 valence electrons. The lowest BCUT2D eigenvalue weighted by Gasteiger charge is -2.31. The Morgan fingerprint density at radius 2 is 1.75 bits per heavy atom. The summed E-state index contributed by atoms with van der Waals surface area (Å²) >= 11 is 3.23. The molecule has 0 bridgehead atoms. The molecule has 1 N–H and O–H groups in total. The number of benzene rings is 3. The highest BCUT2D eigenvalue weighted by molar-refractivity contribution is 9.10. The third kappa shape index (κ3) is 3.69. The predicted molar refractivity (Wildman–Crippen MR) is 123 cm³/mol. The first-order chi connectivity index (χ1) is 15.5. The van der Waals surface area contributed by atoms with E-state index >= 15 is 0 Å². The van der Waals surface area contributed by atoms with Gasteiger partial charge in [-0.2, -0.15) is 0 Å². The Balaban J connectivity index is 1.62. The van der Waals surface area contributed by atoms with E-state index in [1.54, 1.807) is 23.1 Å². The van der Waals surface area contributed by atoms with Gasteiger partial charge in [-0.05, 0) is 59.7 Å². The first-order valence-electron chi connectivity index (χ1n) is 10.0. The fourth-order valence-electron chi connectivity index (χ4n) is 4.11. The quantitative estimate of drug-likeness (QED) is 0.333. The van der Waals surface area contributed by atoms with Crippen LogP contribution in [0.2, 0.25) is 0 Å². The van der Waals surface area contributed by atoms with Crippen molar-refractivity contribution in [1.82, 2.24) is 9.47 Å². The molecule has 0 saturated carbocycles. The topological polar surface area (TPSA) is 37.3 Å². The first-order valence-corrected chi connectivity index (χ1v) is 10.8. The van der Waals surface area contributed by atoms with Gasteiger partial charge in [0.15, 0.2) is 0 Å². The summed E-state index contributed by atoms with van der Waals surface area (Å²) in [5.74, 6) is -0.890. The van der Waals surface area contributed by atoms with Crippen molar-refractivity contribution in [1.29, 1.82) is 0 Å². The molecule has 1 atom stereocenters. The van der Waals surface area contributed by atoms with Crippen molar-refractivity contribution >= 4 is 27.6 Å². The Kier molecular flexibility index (Phi) is 5.27. The molecule has 4 nitrogen and oxygen atoms in total. The van der Waals surface area contributed by atoms with Gasteiger partial charge in [-0.1, -0.05) is 46.3 Å². The minimum absolute atomic E-state index is 0.0870. The fraction of sp³-hybridized carbons (Fsp3) is 0.0800. The number of aromatic nitrogens is 1. The number of amides is 2. The van der Waals surface area contributed by atoms with Gasteiger partial charge in [0.2, 0.25) is 0 Å². The highest BCUT2D eigenvalue weighted by Gasteiger charge is 2.33. The van der Waals surface area contributed by atoms with Gasteiger partial charge in [-0.25, -0.2) is 13.6 Å². The van der Waals surface area contributed by atoms with Gasteiger partial charge < -0.3 is 14.8 Å². The van der Waals surface area contributed by atoms with Crippen molar-refractivity contribution in [2.45, 2.75) is 12.6 Å². The lowest BCUT2D eigenvalue weighted by atomic mass is 10.0. The van der Waals surface area contributed by atoms with E-state index in [1.807, 2.05) is 47.2 Å². The maximum atomic E-state index is 14.4. The molecule has 2 heterocycles. The molecule has 32 heavy (non-hydrogen) atoms. The highest BCUT2D eigenvalue weighted by Crippen LogP contribution is 2.37. The molecule has 1 aliphatic rings. The molecule has 1 aromatic heterocycles. The number of rotatable bonds is 2. The first kappa shape index (κ1) is 20.5. The molecule has 1 aliphatic heterocycles. The number of anilines is 1. The Labute approximate surface area is 192 Å². The largest absolute Gasteiger partial charge is 0.323 e. The lowest BCUT2D eigenvalue weighted by Crippen LogP contribution is -2.38. The van der Waals surface area contributed by atoms with Crippen LogP contribution < -0.4 is 5.32 Å². The molecular weight excluding hydrogens is 476 g/mol. The van der Waals surface area contributed by atoms with Crippen LogP contribution >= 0.6 is 15.9 Å². The average Bonchev–Trinajstić information content (AvgIpc) is 3.21. The van der Waals surface area contributed by atoms with E-state index in [-0.39, 0.29) is 11.5 Å². The van der Waals surface area contributed by atoms with Crippen LogP contribution in [0, 0.1) is 11.6 Å². The van der Waals surface area contributed by atoms with Crippen molar-refractivity contribution in [3.05, 3.63) is 118 Å². The molecule has 0 unspecified atom stereocenters. The van der Waals surface area contributed by atoms with Crippen LogP contribution in [-0.4, -0.2) is 15.5 Å². The predicted octanol–water partition coefficient (Wildman–Crippen LogP) is 6.66. The number of para-hydroxylation sites is 1. The van der Waals surface area contributed by atoms with Crippen LogP contribution in [0.4, 0.5) is 19.3 Å². The van der Waals surface area contributed by atoms with Crippen molar-refractivity contribution in [2.75, 3.05) is 5.32 Å². The van der Waals surface area contributed by atoms with Crippen LogP contribution in [0.25, 0.3) is 5.69 Å². The molecule has 0 saturated heterocycles. The van der Waals surface area contributed by atoms with Gasteiger partial charge in [-0.3, -0.25) is 0 Å². The third-order valence-corrected chi connectivity index (χ3v) is 6.08. The van der Waals surface area contributed by atoms with Crippen molar-refractivity contribution in [2.24, 2.45) is 0 Å². The maximum Gasteiger partial charge on any atom is 0.323 e. The standard InChI is InChI=1S/C25H18BrF2N3O/c26-18-9-12-21(20(28)14-18)29-25(32)31-15-17-4-1-2-5-22(17)30-13-3-6-23(30)24(31)16-7-10-19(27)11-8-16/h1-14,24H,15H2,(H,29,32)/t24-/m0/s1. The van der Waals surface area contributed by atoms with E-state index in [0.29, 0.717) is 11.0 Å².